The summed E-state index contributed by atoms with van der Waals surface area (Å²) in [5.74, 6) is -1.44. The van der Waals surface area contributed by atoms with Crippen LogP contribution in [0.25, 0.3) is 5.76 Å². The van der Waals surface area contributed by atoms with Gasteiger partial charge in [-0.1, -0.05) is 64.6 Å². The number of Topliss-reactive ketones (excluding diaryl/α,β-unsaturated/α-hetero) is 1. The zero-order valence-electron chi connectivity index (χ0n) is 18.9. The van der Waals surface area contributed by atoms with E-state index < -0.39 is 23.5 Å². The molecule has 0 aromatic heterocycles. The molecule has 1 amide bonds. The number of aryl methyl sites for hydroxylation is 1. The first-order valence-electron chi connectivity index (χ1n) is 10.4. The van der Waals surface area contributed by atoms with Crippen molar-refractivity contribution in [3.63, 3.8) is 0 Å². The van der Waals surface area contributed by atoms with Crippen molar-refractivity contribution in [2.24, 2.45) is 0 Å². The molecule has 1 atom stereocenters. The van der Waals surface area contributed by atoms with Gasteiger partial charge in [-0.25, -0.2) is 0 Å². The molecule has 3 aromatic rings. The van der Waals surface area contributed by atoms with E-state index in [0.29, 0.717) is 17.0 Å². The van der Waals surface area contributed by atoms with E-state index in [2.05, 4.69) is 0 Å². The highest BCUT2D eigenvalue weighted by molar-refractivity contribution is 6.52. The molecular formula is C26H20Cl3NO5. The number of amides is 1. The SMILES string of the molecule is COc1ccc(N2C(=O)C(=O)/C(=C(/O)c3cc(Cl)c(OC)c(Cl)c3)C2c2cccc(C)c2)cc1Cl. The number of benzene rings is 3. The number of halogens is 3. The van der Waals surface area contributed by atoms with Gasteiger partial charge in [0, 0.05) is 11.3 Å². The van der Waals surface area contributed by atoms with Crippen molar-refractivity contribution in [2.45, 2.75) is 13.0 Å². The maximum absolute atomic E-state index is 13.3. The number of carbonyl (C=O) groups excluding carboxylic acids is 2. The summed E-state index contributed by atoms with van der Waals surface area (Å²) in [6.45, 7) is 1.89. The maximum atomic E-state index is 13.3. The van der Waals surface area contributed by atoms with E-state index in [1.807, 2.05) is 25.1 Å². The number of anilines is 1. The summed E-state index contributed by atoms with van der Waals surface area (Å²) in [6.07, 6.45) is 0. The second-order valence-corrected chi connectivity index (χ2v) is 9.10. The van der Waals surface area contributed by atoms with Crippen LogP contribution < -0.4 is 14.4 Å². The lowest BCUT2D eigenvalue weighted by molar-refractivity contribution is -0.132. The van der Waals surface area contributed by atoms with E-state index in [4.69, 9.17) is 44.3 Å². The zero-order chi connectivity index (χ0) is 25.4. The van der Waals surface area contributed by atoms with E-state index in [0.717, 1.165) is 5.56 Å². The fourth-order valence-corrected chi connectivity index (χ4v) is 5.00. The number of methoxy groups -OCH3 is 2. The van der Waals surface area contributed by atoms with Gasteiger partial charge in [0.1, 0.15) is 11.5 Å². The Kier molecular flexibility index (Phi) is 6.99. The summed E-state index contributed by atoms with van der Waals surface area (Å²) in [5, 5.41) is 11.9. The first-order chi connectivity index (χ1) is 16.7. The summed E-state index contributed by atoms with van der Waals surface area (Å²) < 4.78 is 10.4. The molecule has 3 aromatic carbocycles. The summed E-state index contributed by atoms with van der Waals surface area (Å²) >= 11 is 18.8. The van der Waals surface area contributed by atoms with Crippen LogP contribution >= 0.6 is 34.8 Å². The molecule has 0 bridgehead atoms. The monoisotopic (exact) mass is 531 g/mol. The molecular weight excluding hydrogens is 513 g/mol. The Morgan fingerprint density at radius 3 is 2.17 bits per heavy atom. The minimum Gasteiger partial charge on any atom is -0.507 e. The quantitative estimate of drug-likeness (QED) is 0.228. The number of ether oxygens (including phenoxy) is 2. The lowest BCUT2D eigenvalue weighted by Crippen LogP contribution is -2.29. The average molecular weight is 533 g/mol. The maximum Gasteiger partial charge on any atom is 0.300 e. The predicted octanol–water partition coefficient (Wildman–Crippen LogP) is 6.60. The Hall–Kier alpha value is -3.19. The normalized spacial score (nSPS) is 17.1. The molecule has 1 unspecified atom stereocenters. The first kappa shape index (κ1) is 24.9. The molecule has 0 saturated carbocycles. The standard InChI is InChI=1S/C26H20Cl3NO5/c1-13-5-4-6-14(9-13)22-21(23(31)15-10-18(28)25(35-3)19(29)11-15)24(32)26(33)30(22)16-7-8-20(34-2)17(27)12-16/h4-12,22,31H,1-3H3/b23-21+. The molecule has 1 N–H and O–H groups in total. The van der Waals surface area contributed by atoms with Crippen molar-refractivity contribution in [3.8, 4) is 11.5 Å². The van der Waals surface area contributed by atoms with Gasteiger partial charge in [0.05, 0.1) is 40.9 Å². The third kappa shape index (κ3) is 4.45. The van der Waals surface area contributed by atoms with Crippen LogP contribution in [-0.2, 0) is 9.59 Å². The number of hydrogen-bond donors (Lipinski definition) is 1. The Morgan fingerprint density at radius 2 is 1.60 bits per heavy atom. The Labute approximate surface area is 217 Å². The number of nitrogens with zero attached hydrogens (tertiary/aromatic N) is 1. The molecule has 9 heteroatoms. The summed E-state index contributed by atoms with van der Waals surface area (Å²) in [7, 11) is 2.89. The fraction of sp³-hybridized carbons (Fsp3) is 0.154. The minimum atomic E-state index is -0.931. The van der Waals surface area contributed by atoms with Gasteiger partial charge in [-0.3, -0.25) is 14.5 Å². The third-order valence-corrected chi connectivity index (χ3v) is 6.55. The van der Waals surface area contributed by atoms with Crippen LogP contribution in [0.3, 0.4) is 0 Å². The van der Waals surface area contributed by atoms with Gasteiger partial charge in [-0.15, -0.1) is 0 Å². The van der Waals surface area contributed by atoms with Gasteiger partial charge in [-0.2, -0.15) is 0 Å². The molecule has 1 saturated heterocycles. The highest BCUT2D eigenvalue weighted by atomic mass is 35.5. The molecule has 4 rings (SSSR count). The molecule has 1 aliphatic heterocycles. The average Bonchev–Trinajstić information content (AvgIpc) is 3.08. The molecule has 1 fully saturated rings. The second kappa shape index (κ2) is 9.82. The molecule has 35 heavy (non-hydrogen) atoms. The Bertz CT molecular complexity index is 1360. The molecule has 6 nitrogen and oxygen atoms in total. The minimum absolute atomic E-state index is 0.107. The van der Waals surface area contributed by atoms with Crippen LogP contribution in [0.4, 0.5) is 5.69 Å². The van der Waals surface area contributed by atoms with Crippen LogP contribution in [0.5, 0.6) is 11.5 Å². The Morgan fingerprint density at radius 1 is 0.914 bits per heavy atom. The third-order valence-electron chi connectivity index (χ3n) is 5.69. The van der Waals surface area contributed by atoms with Crippen molar-refractivity contribution in [2.75, 3.05) is 19.1 Å². The number of aliphatic hydroxyl groups excluding tert-OH is 1. The van der Waals surface area contributed by atoms with Gasteiger partial charge >= 0.3 is 0 Å². The van der Waals surface area contributed by atoms with Crippen molar-refractivity contribution in [3.05, 3.63) is 91.9 Å². The van der Waals surface area contributed by atoms with E-state index in [1.54, 1.807) is 18.2 Å². The van der Waals surface area contributed by atoms with E-state index in [-0.39, 0.29) is 32.0 Å². The summed E-state index contributed by atoms with van der Waals surface area (Å²) in [6, 6.07) is 14.0. The number of rotatable bonds is 5. The number of hydrogen-bond acceptors (Lipinski definition) is 5. The first-order valence-corrected chi connectivity index (χ1v) is 11.6. The van der Waals surface area contributed by atoms with E-state index in [1.165, 1.54) is 37.3 Å². The summed E-state index contributed by atoms with van der Waals surface area (Å²) in [5.41, 5.74) is 1.98. The van der Waals surface area contributed by atoms with Gasteiger partial charge < -0.3 is 14.6 Å². The van der Waals surface area contributed by atoms with Crippen molar-refractivity contribution in [1.29, 1.82) is 0 Å². The number of ketones is 1. The van der Waals surface area contributed by atoms with Gasteiger partial charge in [-0.05, 0) is 42.8 Å². The summed E-state index contributed by atoms with van der Waals surface area (Å²) in [4.78, 5) is 27.9. The molecule has 180 valence electrons. The van der Waals surface area contributed by atoms with Crippen LogP contribution in [0, 0.1) is 6.92 Å². The lowest BCUT2D eigenvalue weighted by atomic mass is 9.94. The molecule has 0 radical (unpaired) electrons. The molecule has 1 aliphatic rings. The van der Waals surface area contributed by atoms with Crippen molar-refractivity contribution < 1.29 is 24.2 Å². The topological polar surface area (TPSA) is 76.1 Å². The van der Waals surface area contributed by atoms with E-state index >= 15 is 0 Å². The highest BCUT2D eigenvalue weighted by Gasteiger charge is 2.47. The molecule has 1 heterocycles. The molecule has 0 aliphatic carbocycles. The lowest BCUT2D eigenvalue weighted by Gasteiger charge is -2.26. The van der Waals surface area contributed by atoms with Crippen LogP contribution in [0.2, 0.25) is 15.1 Å². The number of aliphatic hydroxyl groups is 1. The largest absolute Gasteiger partial charge is 0.507 e. The highest BCUT2D eigenvalue weighted by Crippen LogP contribution is 2.45. The van der Waals surface area contributed by atoms with Gasteiger partial charge in [0.2, 0.25) is 0 Å². The van der Waals surface area contributed by atoms with Gasteiger partial charge in [0.25, 0.3) is 11.7 Å². The van der Waals surface area contributed by atoms with Crippen LogP contribution in [0.15, 0.2) is 60.2 Å². The fourth-order valence-electron chi connectivity index (χ4n) is 4.11. The van der Waals surface area contributed by atoms with Crippen molar-refractivity contribution in [1.82, 2.24) is 0 Å². The zero-order valence-corrected chi connectivity index (χ0v) is 21.2. The van der Waals surface area contributed by atoms with Crippen LogP contribution in [-0.4, -0.2) is 31.0 Å². The number of carbonyl (C=O) groups is 2. The predicted molar refractivity (Wildman–Crippen MR) is 137 cm³/mol. The van der Waals surface area contributed by atoms with Crippen molar-refractivity contribution >= 4 is 57.9 Å². The van der Waals surface area contributed by atoms with Gasteiger partial charge in [0.15, 0.2) is 5.75 Å². The Balaban J connectivity index is 1.97. The van der Waals surface area contributed by atoms with Crippen LogP contribution in [0.1, 0.15) is 22.7 Å². The molecule has 0 spiro atoms. The second-order valence-electron chi connectivity index (χ2n) is 7.88. The smallest absolute Gasteiger partial charge is 0.300 e. The van der Waals surface area contributed by atoms with E-state index in [9.17, 15) is 14.7 Å².